The molecule has 3 aromatic rings. The molecule has 0 fully saturated rings. The minimum atomic E-state index is -0.340. The predicted molar refractivity (Wildman–Crippen MR) is 121 cm³/mol. The topological polar surface area (TPSA) is 69.2 Å². The highest BCUT2D eigenvalue weighted by Gasteiger charge is 2.07. The molecular formula is C25H26N2O4. The minimum Gasteiger partial charge on any atom is -0.490 e. The normalized spacial score (nSPS) is 10.6. The average Bonchev–Trinajstić information content (AvgIpc) is 2.79. The van der Waals surface area contributed by atoms with Crippen LogP contribution in [0.25, 0.3) is 0 Å². The number of aryl methyl sites for hydroxylation is 1. The van der Waals surface area contributed by atoms with Crippen molar-refractivity contribution >= 4 is 12.1 Å². The second kappa shape index (κ2) is 11.4. The SMILES string of the molecule is CCOc1cc(/C=N\NC(=O)COc2ccccc2C)ccc1OCc1ccccc1. The van der Waals surface area contributed by atoms with Crippen molar-refractivity contribution in [2.24, 2.45) is 5.10 Å². The zero-order valence-electron chi connectivity index (χ0n) is 17.7. The van der Waals surface area contributed by atoms with Crippen LogP contribution in [0, 0.1) is 6.92 Å². The number of benzene rings is 3. The first-order valence-electron chi connectivity index (χ1n) is 10.1. The third-order valence-corrected chi connectivity index (χ3v) is 4.36. The monoisotopic (exact) mass is 418 g/mol. The van der Waals surface area contributed by atoms with Gasteiger partial charge in [-0.25, -0.2) is 5.43 Å². The smallest absolute Gasteiger partial charge is 0.277 e. The van der Waals surface area contributed by atoms with Gasteiger partial charge in [-0.3, -0.25) is 4.79 Å². The van der Waals surface area contributed by atoms with Crippen molar-refractivity contribution < 1.29 is 19.0 Å². The highest BCUT2D eigenvalue weighted by atomic mass is 16.5. The van der Waals surface area contributed by atoms with E-state index in [1.165, 1.54) is 0 Å². The van der Waals surface area contributed by atoms with Crippen LogP contribution in [0.3, 0.4) is 0 Å². The Kier molecular flexibility index (Phi) is 8.05. The van der Waals surface area contributed by atoms with Gasteiger partial charge >= 0.3 is 0 Å². The van der Waals surface area contributed by atoms with Crippen LogP contribution >= 0.6 is 0 Å². The number of amides is 1. The summed E-state index contributed by atoms with van der Waals surface area (Å²) in [6.07, 6.45) is 1.55. The molecule has 0 saturated carbocycles. The Bertz CT molecular complexity index is 1020. The van der Waals surface area contributed by atoms with Crippen molar-refractivity contribution in [2.45, 2.75) is 20.5 Å². The van der Waals surface area contributed by atoms with Gasteiger partial charge in [-0.15, -0.1) is 0 Å². The fourth-order valence-electron chi connectivity index (χ4n) is 2.80. The summed E-state index contributed by atoms with van der Waals surface area (Å²) < 4.78 is 17.1. The highest BCUT2D eigenvalue weighted by molar-refractivity contribution is 5.83. The number of rotatable bonds is 10. The van der Waals surface area contributed by atoms with Crippen molar-refractivity contribution in [3.63, 3.8) is 0 Å². The van der Waals surface area contributed by atoms with Crippen LogP contribution in [0.15, 0.2) is 77.9 Å². The second-order valence-corrected chi connectivity index (χ2v) is 6.76. The average molecular weight is 418 g/mol. The van der Waals surface area contributed by atoms with E-state index in [4.69, 9.17) is 14.2 Å². The molecule has 3 rings (SSSR count). The lowest BCUT2D eigenvalue weighted by Crippen LogP contribution is -2.24. The number of nitrogens with zero attached hydrogens (tertiary/aromatic N) is 1. The van der Waals surface area contributed by atoms with Crippen LogP contribution in [-0.2, 0) is 11.4 Å². The summed E-state index contributed by atoms with van der Waals surface area (Å²) in [5.74, 6) is 1.61. The molecule has 6 heteroatoms. The van der Waals surface area contributed by atoms with Crippen molar-refractivity contribution in [2.75, 3.05) is 13.2 Å². The first-order valence-corrected chi connectivity index (χ1v) is 10.1. The quantitative estimate of drug-likeness (QED) is 0.389. The fraction of sp³-hybridized carbons (Fsp3) is 0.200. The lowest BCUT2D eigenvalue weighted by atomic mass is 10.2. The molecule has 0 heterocycles. The highest BCUT2D eigenvalue weighted by Crippen LogP contribution is 2.28. The maximum absolute atomic E-state index is 12.0. The molecule has 0 unspecified atom stereocenters. The molecule has 0 atom stereocenters. The molecular weight excluding hydrogens is 392 g/mol. The van der Waals surface area contributed by atoms with E-state index >= 15 is 0 Å². The Morgan fingerprint density at radius 1 is 0.903 bits per heavy atom. The fourth-order valence-corrected chi connectivity index (χ4v) is 2.80. The van der Waals surface area contributed by atoms with E-state index in [0.717, 1.165) is 16.7 Å². The number of para-hydroxylation sites is 1. The zero-order chi connectivity index (χ0) is 21.9. The number of carbonyl (C=O) groups is 1. The predicted octanol–water partition coefficient (Wildman–Crippen LogP) is 4.50. The van der Waals surface area contributed by atoms with Gasteiger partial charge in [0.2, 0.25) is 0 Å². The first-order chi connectivity index (χ1) is 15.2. The molecule has 0 saturated heterocycles. The Morgan fingerprint density at radius 2 is 1.68 bits per heavy atom. The number of hydrogen-bond acceptors (Lipinski definition) is 5. The van der Waals surface area contributed by atoms with Crippen LogP contribution in [0.5, 0.6) is 17.2 Å². The Morgan fingerprint density at radius 3 is 2.45 bits per heavy atom. The number of hydrogen-bond donors (Lipinski definition) is 1. The molecule has 0 radical (unpaired) electrons. The Labute approximate surface area is 182 Å². The van der Waals surface area contributed by atoms with E-state index in [-0.39, 0.29) is 12.5 Å². The van der Waals surface area contributed by atoms with E-state index in [1.807, 2.05) is 86.6 Å². The number of ether oxygens (including phenoxy) is 3. The molecule has 160 valence electrons. The molecule has 0 aromatic heterocycles. The molecule has 0 bridgehead atoms. The van der Waals surface area contributed by atoms with E-state index in [0.29, 0.717) is 30.5 Å². The van der Waals surface area contributed by atoms with Crippen molar-refractivity contribution in [1.82, 2.24) is 5.43 Å². The van der Waals surface area contributed by atoms with Gasteiger partial charge in [0.25, 0.3) is 5.91 Å². The first kappa shape index (κ1) is 21.9. The van der Waals surface area contributed by atoms with Crippen LogP contribution in [-0.4, -0.2) is 25.3 Å². The molecule has 0 aliphatic carbocycles. The van der Waals surface area contributed by atoms with Crippen molar-refractivity contribution in [1.29, 1.82) is 0 Å². The van der Waals surface area contributed by atoms with Gasteiger partial charge in [0.05, 0.1) is 12.8 Å². The lowest BCUT2D eigenvalue weighted by molar-refractivity contribution is -0.123. The van der Waals surface area contributed by atoms with Gasteiger partial charge in [-0.2, -0.15) is 5.10 Å². The van der Waals surface area contributed by atoms with Gasteiger partial charge in [0.15, 0.2) is 18.1 Å². The summed E-state index contributed by atoms with van der Waals surface area (Å²) in [5, 5.41) is 4.00. The molecule has 6 nitrogen and oxygen atoms in total. The van der Waals surface area contributed by atoms with Gasteiger partial charge < -0.3 is 14.2 Å². The summed E-state index contributed by atoms with van der Waals surface area (Å²) in [6.45, 7) is 4.68. The van der Waals surface area contributed by atoms with Gasteiger partial charge in [0, 0.05) is 0 Å². The van der Waals surface area contributed by atoms with Crippen molar-refractivity contribution in [3.8, 4) is 17.2 Å². The third-order valence-electron chi connectivity index (χ3n) is 4.36. The van der Waals surface area contributed by atoms with Gasteiger partial charge in [-0.05, 0) is 54.8 Å². The van der Waals surface area contributed by atoms with E-state index in [2.05, 4.69) is 10.5 Å². The Hall–Kier alpha value is -3.80. The molecule has 0 spiro atoms. The van der Waals surface area contributed by atoms with Crippen LogP contribution in [0.2, 0.25) is 0 Å². The van der Waals surface area contributed by atoms with Gasteiger partial charge in [-0.1, -0.05) is 48.5 Å². The number of carbonyl (C=O) groups excluding carboxylic acids is 1. The minimum absolute atomic E-state index is 0.112. The summed E-state index contributed by atoms with van der Waals surface area (Å²) in [7, 11) is 0. The summed E-state index contributed by atoms with van der Waals surface area (Å²) in [4.78, 5) is 12.0. The van der Waals surface area contributed by atoms with Crippen LogP contribution < -0.4 is 19.6 Å². The van der Waals surface area contributed by atoms with Crippen molar-refractivity contribution in [3.05, 3.63) is 89.5 Å². The summed E-state index contributed by atoms with van der Waals surface area (Å²) >= 11 is 0. The maximum atomic E-state index is 12.0. The molecule has 3 aromatic carbocycles. The van der Waals surface area contributed by atoms with Crippen LogP contribution in [0.4, 0.5) is 0 Å². The van der Waals surface area contributed by atoms with Crippen LogP contribution in [0.1, 0.15) is 23.6 Å². The number of hydrazone groups is 1. The van der Waals surface area contributed by atoms with Gasteiger partial charge in [0.1, 0.15) is 12.4 Å². The summed E-state index contributed by atoms with van der Waals surface area (Å²) in [6, 6.07) is 23.0. The maximum Gasteiger partial charge on any atom is 0.277 e. The standard InChI is InChI=1S/C25H26N2O4/c1-3-29-24-15-21(13-14-23(24)30-17-20-10-5-4-6-11-20)16-26-27-25(28)18-31-22-12-8-7-9-19(22)2/h4-16H,3,17-18H2,1-2H3,(H,27,28)/b26-16-. The lowest BCUT2D eigenvalue weighted by Gasteiger charge is -2.12. The summed E-state index contributed by atoms with van der Waals surface area (Å²) in [5.41, 5.74) is 5.29. The third kappa shape index (κ3) is 6.89. The molecule has 0 aliphatic heterocycles. The molecule has 1 amide bonds. The van der Waals surface area contributed by atoms with E-state index in [9.17, 15) is 4.79 Å². The molecule has 31 heavy (non-hydrogen) atoms. The Balaban J connectivity index is 1.55. The number of nitrogens with one attached hydrogen (secondary N) is 1. The largest absolute Gasteiger partial charge is 0.490 e. The molecule has 1 N–H and O–H groups in total. The zero-order valence-corrected chi connectivity index (χ0v) is 17.7. The van der Waals surface area contributed by atoms with E-state index in [1.54, 1.807) is 6.21 Å². The molecule has 0 aliphatic rings. The van der Waals surface area contributed by atoms with E-state index < -0.39 is 0 Å². The second-order valence-electron chi connectivity index (χ2n) is 6.76.